The van der Waals surface area contributed by atoms with Crippen molar-refractivity contribution in [2.75, 3.05) is 324 Å². The minimum Gasteiger partial charge on any atom is -0.483 e. The molecule has 0 saturated carbocycles. The molecular weight excluding hydrogens is 1510 g/mol. The van der Waals surface area contributed by atoms with Crippen molar-refractivity contribution in [3.63, 3.8) is 0 Å². The number of carbonyl (C=O) groups is 4. The summed E-state index contributed by atoms with van der Waals surface area (Å²) in [5, 5.41) is 0.536. The van der Waals surface area contributed by atoms with Crippen LogP contribution in [0.15, 0.2) is 80.6 Å². The lowest BCUT2D eigenvalue weighted by Crippen LogP contribution is -2.37. The molecule has 648 valence electrons. The van der Waals surface area contributed by atoms with Crippen LogP contribution in [0.25, 0.3) is 0 Å². The highest BCUT2D eigenvalue weighted by molar-refractivity contribution is 7.90. The summed E-state index contributed by atoms with van der Waals surface area (Å²) in [4.78, 5) is 56.7. The van der Waals surface area contributed by atoms with Crippen molar-refractivity contribution < 1.29 is 151 Å². The fourth-order valence-corrected chi connectivity index (χ4v) is 12.3. The molecule has 0 bridgehead atoms. The van der Waals surface area contributed by atoms with Crippen LogP contribution in [0, 0.1) is 11.8 Å². The first-order valence-corrected chi connectivity index (χ1v) is 40.9. The summed E-state index contributed by atoms with van der Waals surface area (Å²) in [5.74, 6) is -2.14. The second-order valence-electron chi connectivity index (χ2n) is 25.6. The first-order chi connectivity index (χ1) is 55.4. The minimum absolute atomic E-state index is 0.00197. The van der Waals surface area contributed by atoms with Crippen LogP contribution >= 0.6 is 0 Å². The third kappa shape index (κ3) is 46.1. The number of amides is 3. The van der Waals surface area contributed by atoms with Gasteiger partial charge < -0.3 is 123 Å². The number of hydroxylamine groups is 2. The fraction of sp³-hybridized carbons (Fsp3) is 0.769. The zero-order valence-corrected chi connectivity index (χ0v) is 67.7. The molecule has 1 N–H and O–H groups in total. The van der Waals surface area contributed by atoms with Crippen molar-refractivity contribution in [1.29, 1.82) is 0 Å². The highest BCUT2D eigenvalue weighted by Crippen LogP contribution is 2.54. The molecule has 1 saturated heterocycles. The summed E-state index contributed by atoms with van der Waals surface area (Å²) in [5.41, 5.74) is 4.92. The van der Waals surface area contributed by atoms with Gasteiger partial charge in [-0.2, -0.15) is 8.42 Å². The zero-order valence-electron chi connectivity index (χ0n) is 66.9. The minimum atomic E-state index is -4.50. The van der Waals surface area contributed by atoms with Crippen molar-refractivity contribution in [2.45, 2.75) is 58.8 Å². The molecule has 113 heavy (non-hydrogen) atoms. The molecule has 2 atom stereocenters. The van der Waals surface area contributed by atoms with Gasteiger partial charge >= 0.3 is 5.97 Å². The maximum absolute atomic E-state index is 13.9. The molecule has 0 aromatic carbocycles. The van der Waals surface area contributed by atoms with Crippen LogP contribution in [0.3, 0.4) is 0 Å². The molecule has 2 unspecified atom stereocenters. The monoisotopic (exact) mass is 1640 g/mol. The maximum Gasteiger partial charge on any atom is 0.333 e. The Morgan fingerprint density at radius 1 is 0.389 bits per heavy atom. The van der Waals surface area contributed by atoms with E-state index >= 15 is 0 Å². The molecule has 34 nitrogen and oxygen atoms in total. The molecule has 1 heterocycles. The number of rotatable bonds is 81. The van der Waals surface area contributed by atoms with E-state index in [-0.39, 0.29) is 48.5 Å². The van der Waals surface area contributed by atoms with Gasteiger partial charge in [-0.3, -0.25) is 18.9 Å². The third-order valence-electron chi connectivity index (χ3n) is 17.2. The fourth-order valence-electron chi connectivity index (χ4n) is 11.5. The normalized spacial score (nSPS) is 16.0. The number of allylic oxidation sites excluding steroid dienone is 12. The number of ether oxygens (including phenoxy) is 24. The number of imide groups is 1. The topological polar surface area (TPSA) is 360 Å². The van der Waals surface area contributed by atoms with E-state index in [2.05, 4.69) is 0 Å². The number of methoxy groups -OCH3 is 1. The van der Waals surface area contributed by atoms with Gasteiger partial charge in [0, 0.05) is 63.5 Å². The van der Waals surface area contributed by atoms with E-state index in [1.54, 1.807) is 24.2 Å². The second-order valence-corrected chi connectivity index (χ2v) is 27.0. The highest BCUT2D eigenvalue weighted by Gasteiger charge is 2.45. The first-order valence-electron chi connectivity index (χ1n) is 39.5. The van der Waals surface area contributed by atoms with Crippen LogP contribution < -0.4 is 0 Å². The van der Waals surface area contributed by atoms with Crippen molar-refractivity contribution in [2.24, 2.45) is 11.8 Å². The Morgan fingerprint density at radius 3 is 0.991 bits per heavy atom. The van der Waals surface area contributed by atoms with E-state index in [1.807, 2.05) is 32.1 Å². The van der Waals surface area contributed by atoms with Gasteiger partial charge in [0.05, 0.1) is 296 Å². The Hall–Kier alpha value is -4.95. The van der Waals surface area contributed by atoms with Crippen molar-refractivity contribution in [3.8, 4) is 0 Å². The van der Waals surface area contributed by atoms with Gasteiger partial charge in [0.15, 0.2) is 6.61 Å². The van der Waals surface area contributed by atoms with Crippen LogP contribution in [-0.2, 0) is 148 Å². The largest absolute Gasteiger partial charge is 0.483 e. The summed E-state index contributed by atoms with van der Waals surface area (Å²) >= 11 is 0. The molecule has 35 heteroatoms. The number of hydrogen-bond acceptors (Lipinski definition) is 31. The van der Waals surface area contributed by atoms with E-state index in [1.165, 1.54) is 6.08 Å². The van der Waals surface area contributed by atoms with Crippen LogP contribution in [0.2, 0.25) is 0 Å². The number of hydrogen-bond donors (Lipinski definition) is 1. The number of unbranched alkanes of at least 4 members (excludes halogenated alkanes) is 2. The molecule has 1 aliphatic heterocycles. The Labute approximate surface area is 667 Å². The molecule has 0 spiro atoms. The second kappa shape index (κ2) is 66.0. The summed E-state index contributed by atoms with van der Waals surface area (Å²) < 4.78 is 168. The SMILES string of the molecule is COCCOCCOCCOCCOCCOCCOCCOCCOCCOCCOCCOCCOCCOCCOCCOCCOCCOCCOCCOCCOCCOCCOCCCN(CCCCCC(=O)ON1C(=O)CCC1=O)C(=O)COC1=CC(C)=C2C=CC3=C(C)C=C(S(=O)(=O)O)C4=CC=C1C2C43. The standard InChI is InChI=1S/C78H128N2O32S/c1-65-62-71(69-11-12-70-72(113(85,86)87)63-66(2)68-10-9-67(65)77(69)78(68)70)111-64-75(83)79(15-6-4-5-8-76(84)112-80-73(81)13-14-74(80)82)16-7-17-89-20-21-91-24-25-93-28-29-95-32-33-97-36-37-99-40-41-101-44-45-103-48-49-105-52-53-107-56-57-109-60-61-110-59-58-108-55-54-106-51-50-104-47-46-102-43-42-100-39-38-98-35-34-96-31-30-94-27-26-92-23-22-90-19-18-88-3/h9-12,62-63,77-78H,4-8,13-61,64H2,1-3H3,(H,85,86,87). The lowest BCUT2D eigenvalue weighted by molar-refractivity contribution is -0.197. The predicted molar refractivity (Wildman–Crippen MR) is 408 cm³/mol. The molecule has 1 fully saturated rings. The van der Waals surface area contributed by atoms with Crippen molar-refractivity contribution in [1.82, 2.24) is 9.96 Å². The van der Waals surface area contributed by atoms with Gasteiger partial charge in [0.1, 0.15) is 5.76 Å². The summed E-state index contributed by atoms with van der Waals surface area (Å²) in [7, 11) is -2.86. The molecule has 0 aromatic heterocycles. The summed E-state index contributed by atoms with van der Waals surface area (Å²) in [6.07, 6.45) is 13.0. The van der Waals surface area contributed by atoms with Crippen LogP contribution in [0.4, 0.5) is 0 Å². The first kappa shape index (κ1) is 98.6. The third-order valence-corrected chi connectivity index (χ3v) is 18.1. The maximum atomic E-state index is 13.9. The quantitative estimate of drug-likeness (QED) is 0.0501. The van der Waals surface area contributed by atoms with Gasteiger partial charge in [-0.1, -0.05) is 30.7 Å². The summed E-state index contributed by atoms with van der Waals surface area (Å²) in [6, 6.07) is 0. The smallest absolute Gasteiger partial charge is 0.333 e. The molecule has 3 amide bonds. The Kier molecular flexibility index (Phi) is 57.6. The highest BCUT2D eigenvalue weighted by atomic mass is 32.2. The molecule has 4 aliphatic carbocycles. The molecule has 5 aliphatic rings. The molecule has 5 rings (SSSR count). The Bertz CT molecular complexity index is 2890. The van der Waals surface area contributed by atoms with Gasteiger partial charge in [0.25, 0.3) is 27.8 Å². The molecule has 0 radical (unpaired) electrons. The van der Waals surface area contributed by atoms with Crippen LogP contribution in [0.1, 0.15) is 58.8 Å². The average Bonchev–Trinajstić information content (AvgIpc) is 0.990. The zero-order chi connectivity index (χ0) is 80.5. The molecule has 0 aromatic rings. The van der Waals surface area contributed by atoms with Gasteiger partial charge in [-0.05, 0) is 73.1 Å². The van der Waals surface area contributed by atoms with E-state index in [4.69, 9.17) is 119 Å². The Balaban J connectivity index is 0.699. The van der Waals surface area contributed by atoms with Crippen molar-refractivity contribution in [3.05, 3.63) is 80.6 Å². The van der Waals surface area contributed by atoms with Crippen LogP contribution in [-0.4, -0.2) is 371 Å². The van der Waals surface area contributed by atoms with Gasteiger partial charge in [-0.25, -0.2) is 4.79 Å². The lowest BCUT2D eigenvalue weighted by atomic mass is 9.62. The predicted octanol–water partition coefficient (Wildman–Crippen LogP) is 4.39. The van der Waals surface area contributed by atoms with E-state index in [9.17, 15) is 32.1 Å². The van der Waals surface area contributed by atoms with E-state index in [0.29, 0.717) is 352 Å². The Morgan fingerprint density at radius 2 is 0.673 bits per heavy atom. The number of nitrogens with zero attached hydrogens (tertiary/aromatic N) is 2. The van der Waals surface area contributed by atoms with Gasteiger partial charge in [0.2, 0.25) is 0 Å². The summed E-state index contributed by atoms with van der Waals surface area (Å²) in [6.45, 7) is 25.1. The van der Waals surface area contributed by atoms with E-state index < -0.39 is 27.9 Å². The lowest BCUT2D eigenvalue weighted by Gasteiger charge is -2.43. The van der Waals surface area contributed by atoms with Crippen molar-refractivity contribution >= 4 is 33.8 Å². The average molecular weight is 1640 g/mol. The van der Waals surface area contributed by atoms with E-state index in [0.717, 1.165) is 27.9 Å². The van der Waals surface area contributed by atoms with Gasteiger partial charge in [-0.15, -0.1) is 5.06 Å². The van der Waals surface area contributed by atoms with Crippen LogP contribution in [0.5, 0.6) is 0 Å². The number of carbonyl (C=O) groups excluding carboxylic acids is 4. The molecular formula is C78H128N2O32S.